The Hall–Kier alpha value is -2.04. The zero-order valence-electron chi connectivity index (χ0n) is 8.48. The van der Waals surface area contributed by atoms with Gasteiger partial charge in [-0.15, -0.1) is 0 Å². The monoisotopic (exact) mass is 224 g/mol. The molecule has 4 nitrogen and oxygen atoms in total. The van der Waals surface area contributed by atoms with Crippen LogP contribution in [0, 0.1) is 5.82 Å². The number of benzene rings is 1. The number of esters is 1. The SMILES string of the molecule is COC(=O)C1OC=C(c2ccc(F)cc2)O1. The average Bonchev–Trinajstić information content (AvgIpc) is 2.78. The van der Waals surface area contributed by atoms with Crippen molar-refractivity contribution in [2.24, 2.45) is 0 Å². The predicted octanol–water partition coefficient (Wildman–Crippen LogP) is 1.67. The lowest BCUT2D eigenvalue weighted by molar-refractivity contribution is -0.165. The van der Waals surface area contributed by atoms with Crippen molar-refractivity contribution in [3.63, 3.8) is 0 Å². The summed E-state index contributed by atoms with van der Waals surface area (Å²) in [6.45, 7) is 0. The van der Waals surface area contributed by atoms with Gasteiger partial charge in [0, 0.05) is 5.56 Å². The molecule has 0 aliphatic carbocycles. The minimum absolute atomic E-state index is 0.340. The van der Waals surface area contributed by atoms with E-state index in [0.29, 0.717) is 11.3 Å². The predicted molar refractivity (Wildman–Crippen MR) is 52.4 cm³/mol. The minimum atomic E-state index is -1.08. The van der Waals surface area contributed by atoms with Gasteiger partial charge >= 0.3 is 12.3 Å². The van der Waals surface area contributed by atoms with E-state index in [-0.39, 0.29) is 5.82 Å². The van der Waals surface area contributed by atoms with E-state index in [0.717, 1.165) is 0 Å². The zero-order chi connectivity index (χ0) is 11.5. The number of carbonyl (C=O) groups is 1. The fourth-order valence-corrected chi connectivity index (χ4v) is 1.24. The Balaban J connectivity index is 2.08. The maximum absolute atomic E-state index is 12.7. The van der Waals surface area contributed by atoms with Gasteiger partial charge in [0.2, 0.25) is 0 Å². The number of ether oxygens (including phenoxy) is 3. The Labute approximate surface area is 91.2 Å². The minimum Gasteiger partial charge on any atom is -0.463 e. The lowest BCUT2D eigenvalue weighted by Crippen LogP contribution is -2.22. The van der Waals surface area contributed by atoms with Gasteiger partial charge in [-0.3, -0.25) is 0 Å². The van der Waals surface area contributed by atoms with E-state index < -0.39 is 12.3 Å². The van der Waals surface area contributed by atoms with Gasteiger partial charge in [0.1, 0.15) is 12.1 Å². The van der Waals surface area contributed by atoms with E-state index in [1.807, 2.05) is 0 Å². The highest BCUT2D eigenvalue weighted by molar-refractivity contribution is 5.76. The second-order valence-electron chi connectivity index (χ2n) is 3.10. The summed E-state index contributed by atoms with van der Waals surface area (Å²) in [4.78, 5) is 11.1. The third-order valence-corrected chi connectivity index (χ3v) is 2.06. The molecule has 0 amide bonds. The summed E-state index contributed by atoms with van der Waals surface area (Å²) < 4.78 is 27.3. The van der Waals surface area contributed by atoms with Gasteiger partial charge < -0.3 is 14.2 Å². The van der Waals surface area contributed by atoms with Gasteiger partial charge in [-0.2, -0.15) is 0 Å². The van der Waals surface area contributed by atoms with E-state index in [1.165, 1.54) is 37.6 Å². The van der Waals surface area contributed by atoms with Crippen LogP contribution in [0.25, 0.3) is 5.76 Å². The zero-order valence-corrected chi connectivity index (χ0v) is 8.48. The Morgan fingerprint density at radius 2 is 2.06 bits per heavy atom. The second-order valence-corrected chi connectivity index (χ2v) is 3.10. The van der Waals surface area contributed by atoms with Crippen LogP contribution in [0.3, 0.4) is 0 Å². The van der Waals surface area contributed by atoms with Crippen LogP contribution in [0.2, 0.25) is 0 Å². The van der Waals surface area contributed by atoms with Crippen molar-refractivity contribution in [1.29, 1.82) is 0 Å². The maximum atomic E-state index is 12.7. The molecule has 84 valence electrons. The van der Waals surface area contributed by atoms with Gasteiger partial charge in [0.05, 0.1) is 7.11 Å². The highest BCUT2D eigenvalue weighted by atomic mass is 19.1. The molecule has 1 heterocycles. The number of hydrogen-bond donors (Lipinski definition) is 0. The quantitative estimate of drug-likeness (QED) is 0.717. The lowest BCUT2D eigenvalue weighted by Gasteiger charge is -2.08. The first kappa shape index (κ1) is 10.5. The third kappa shape index (κ3) is 1.98. The van der Waals surface area contributed by atoms with Crippen LogP contribution in [0.5, 0.6) is 0 Å². The van der Waals surface area contributed by atoms with Crippen LogP contribution >= 0.6 is 0 Å². The van der Waals surface area contributed by atoms with Crippen LogP contribution in [0.1, 0.15) is 5.56 Å². The topological polar surface area (TPSA) is 44.8 Å². The van der Waals surface area contributed by atoms with E-state index in [9.17, 15) is 9.18 Å². The standard InChI is InChI=1S/C11H9FO4/c1-14-10(13)11-15-6-9(16-11)7-2-4-8(12)5-3-7/h2-6,11H,1H3. The highest BCUT2D eigenvalue weighted by Crippen LogP contribution is 2.24. The number of methoxy groups -OCH3 is 1. The fraction of sp³-hybridized carbons (Fsp3) is 0.182. The van der Waals surface area contributed by atoms with Crippen LogP contribution in [0.4, 0.5) is 4.39 Å². The van der Waals surface area contributed by atoms with Crippen molar-refractivity contribution in [2.75, 3.05) is 7.11 Å². The average molecular weight is 224 g/mol. The molecule has 1 aliphatic rings. The summed E-state index contributed by atoms with van der Waals surface area (Å²) in [7, 11) is 1.24. The van der Waals surface area contributed by atoms with E-state index in [2.05, 4.69) is 4.74 Å². The molecular formula is C11H9FO4. The maximum Gasteiger partial charge on any atom is 0.389 e. The number of carbonyl (C=O) groups excluding carboxylic acids is 1. The molecule has 0 bridgehead atoms. The Morgan fingerprint density at radius 3 is 2.69 bits per heavy atom. The molecule has 1 aromatic carbocycles. The highest BCUT2D eigenvalue weighted by Gasteiger charge is 2.28. The van der Waals surface area contributed by atoms with E-state index >= 15 is 0 Å². The van der Waals surface area contributed by atoms with Gasteiger partial charge in [0.25, 0.3) is 0 Å². The number of halogens is 1. The summed E-state index contributed by atoms with van der Waals surface area (Å²) in [5.74, 6) is -0.587. The van der Waals surface area contributed by atoms with Crippen molar-refractivity contribution in [3.05, 3.63) is 41.9 Å². The molecule has 0 aromatic heterocycles. The largest absolute Gasteiger partial charge is 0.463 e. The van der Waals surface area contributed by atoms with Crippen LogP contribution < -0.4 is 0 Å². The van der Waals surface area contributed by atoms with Crippen LogP contribution in [-0.4, -0.2) is 19.4 Å². The third-order valence-electron chi connectivity index (χ3n) is 2.06. The Morgan fingerprint density at radius 1 is 1.38 bits per heavy atom. The summed E-state index contributed by atoms with van der Waals surface area (Å²) in [6.07, 6.45) is 0.222. The van der Waals surface area contributed by atoms with Gasteiger partial charge in [-0.1, -0.05) is 0 Å². The normalized spacial score (nSPS) is 18.4. The first-order valence-electron chi connectivity index (χ1n) is 4.57. The smallest absolute Gasteiger partial charge is 0.389 e. The van der Waals surface area contributed by atoms with E-state index in [1.54, 1.807) is 0 Å². The van der Waals surface area contributed by atoms with Gasteiger partial charge in [-0.05, 0) is 24.3 Å². The Bertz CT molecular complexity index is 424. The van der Waals surface area contributed by atoms with Gasteiger partial charge in [0.15, 0.2) is 5.76 Å². The molecule has 1 atom stereocenters. The molecule has 0 spiro atoms. The fourth-order valence-electron chi connectivity index (χ4n) is 1.24. The molecule has 1 aliphatic heterocycles. The molecule has 0 radical (unpaired) electrons. The molecule has 2 rings (SSSR count). The van der Waals surface area contributed by atoms with Crippen molar-refractivity contribution < 1.29 is 23.4 Å². The first-order chi connectivity index (χ1) is 7.70. The van der Waals surface area contributed by atoms with E-state index in [4.69, 9.17) is 9.47 Å². The molecule has 0 saturated carbocycles. The Kier molecular flexibility index (Phi) is 2.76. The van der Waals surface area contributed by atoms with Crippen LogP contribution in [-0.2, 0) is 19.0 Å². The summed E-state index contributed by atoms with van der Waals surface area (Å²) >= 11 is 0. The second kappa shape index (κ2) is 4.22. The number of hydrogen-bond acceptors (Lipinski definition) is 4. The van der Waals surface area contributed by atoms with Crippen molar-refractivity contribution in [2.45, 2.75) is 6.29 Å². The number of rotatable bonds is 2. The molecular weight excluding hydrogens is 215 g/mol. The summed E-state index contributed by atoms with van der Waals surface area (Å²) in [5.41, 5.74) is 0.632. The molecule has 0 fully saturated rings. The van der Waals surface area contributed by atoms with Gasteiger partial charge in [-0.25, -0.2) is 9.18 Å². The first-order valence-corrected chi connectivity index (χ1v) is 4.57. The molecule has 0 saturated heterocycles. The van der Waals surface area contributed by atoms with Crippen molar-refractivity contribution >= 4 is 11.7 Å². The summed E-state index contributed by atoms with van der Waals surface area (Å²) in [6, 6.07) is 5.66. The van der Waals surface area contributed by atoms with Crippen molar-refractivity contribution in [1.82, 2.24) is 0 Å². The lowest BCUT2D eigenvalue weighted by atomic mass is 10.2. The molecule has 0 N–H and O–H groups in total. The summed E-state index contributed by atoms with van der Waals surface area (Å²) in [5, 5.41) is 0. The van der Waals surface area contributed by atoms with Crippen molar-refractivity contribution in [3.8, 4) is 0 Å². The molecule has 16 heavy (non-hydrogen) atoms. The molecule has 1 aromatic rings. The molecule has 1 unspecified atom stereocenters. The molecule has 5 heteroatoms. The van der Waals surface area contributed by atoms with Crippen LogP contribution in [0.15, 0.2) is 30.5 Å².